The highest BCUT2D eigenvalue weighted by atomic mass is 32.1. The number of hydrogen-bond donors (Lipinski definition) is 3. The molecule has 1 saturated heterocycles. The lowest BCUT2D eigenvalue weighted by atomic mass is 9.66. The van der Waals surface area contributed by atoms with Crippen molar-refractivity contribution in [1.29, 1.82) is 0 Å². The normalized spacial score (nSPS) is 29.2. The van der Waals surface area contributed by atoms with Gasteiger partial charge in [-0.05, 0) is 38.1 Å². The Morgan fingerprint density at radius 3 is 2.45 bits per heavy atom. The minimum Gasteiger partial charge on any atom is -0.394 e. The van der Waals surface area contributed by atoms with Gasteiger partial charge in [-0.1, -0.05) is 13.8 Å². The molecule has 0 aromatic rings. The van der Waals surface area contributed by atoms with Gasteiger partial charge in [0, 0.05) is 12.6 Å². The van der Waals surface area contributed by atoms with E-state index in [1.54, 1.807) is 0 Å². The lowest BCUT2D eigenvalue weighted by Gasteiger charge is -2.53. The van der Waals surface area contributed by atoms with Crippen molar-refractivity contribution in [1.82, 2.24) is 10.2 Å². The molecule has 22 heavy (non-hydrogen) atoms. The number of rotatable bonds is 6. The third-order valence-electron chi connectivity index (χ3n) is 4.82. The van der Waals surface area contributed by atoms with Crippen molar-refractivity contribution in [2.45, 2.75) is 51.6 Å². The van der Waals surface area contributed by atoms with E-state index in [4.69, 9.17) is 5.73 Å². The molecule has 128 valence electrons. The monoisotopic (exact) mass is 331 g/mol. The van der Waals surface area contributed by atoms with E-state index in [1.165, 1.54) is 4.90 Å². The number of hydrogen-bond acceptors (Lipinski definition) is 4. The number of likely N-dealkylation sites (tertiary alicyclic amines) is 1. The van der Waals surface area contributed by atoms with E-state index < -0.39 is 18.6 Å². The molecule has 7 heteroatoms. The summed E-state index contributed by atoms with van der Waals surface area (Å²) < 4.78 is 0. The SMILES string of the molecule is CC(C)CNC1CCC2(CC1)CN([C@@H](CO)C(N)=O)C2=O.S. The quantitative estimate of drug-likeness (QED) is 0.595. The molecule has 0 unspecified atom stereocenters. The number of nitrogens with one attached hydrogen (secondary N) is 1. The van der Waals surface area contributed by atoms with Crippen LogP contribution in [0.2, 0.25) is 0 Å². The van der Waals surface area contributed by atoms with Crippen molar-refractivity contribution in [2.24, 2.45) is 17.1 Å². The first-order valence-corrected chi connectivity index (χ1v) is 7.84. The summed E-state index contributed by atoms with van der Waals surface area (Å²) in [6.45, 7) is 5.53. The number of carbonyl (C=O) groups is 2. The Labute approximate surface area is 139 Å². The fourth-order valence-electron chi connectivity index (χ4n) is 3.42. The van der Waals surface area contributed by atoms with Crippen LogP contribution in [0, 0.1) is 11.3 Å². The van der Waals surface area contributed by atoms with E-state index in [0.717, 1.165) is 32.2 Å². The first-order chi connectivity index (χ1) is 9.89. The zero-order chi connectivity index (χ0) is 15.6. The van der Waals surface area contributed by atoms with Crippen LogP contribution in [0.3, 0.4) is 0 Å². The second kappa shape index (κ2) is 7.66. The van der Waals surface area contributed by atoms with Crippen molar-refractivity contribution >= 4 is 25.3 Å². The summed E-state index contributed by atoms with van der Waals surface area (Å²) in [5, 5.41) is 12.7. The smallest absolute Gasteiger partial charge is 0.242 e. The van der Waals surface area contributed by atoms with E-state index in [0.29, 0.717) is 18.5 Å². The lowest BCUT2D eigenvalue weighted by Crippen LogP contribution is -2.68. The number of nitrogens with zero attached hydrogens (tertiary/aromatic N) is 1. The Hall–Kier alpha value is -0.790. The van der Waals surface area contributed by atoms with Crippen LogP contribution in [-0.2, 0) is 9.59 Å². The zero-order valence-corrected chi connectivity index (χ0v) is 14.5. The molecule has 2 rings (SSSR count). The third kappa shape index (κ3) is 3.75. The van der Waals surface area contributed by atoms with Gasteiger partial charge in [0.05, 0.1) is 12.0 Å². The standard InChI is InChI=1S/C15H27N3O3.H2S/c1-10(2)7-17-11-3-5-15(6-4-11)9-18(14(15)21)12(8-19)13(16)20;/h10-12,17,19H,3-9H2,1-2H3,(H2,16,20);1H2/t11?,12-,15?;/m0./s1. The maximum Gasteiger partial charge on any atom is 0.242 e. The number of carbonyl (C=O) groups excluding carboxylic acids is 2. The molecule has 1 aliphatic heterocycles. The Morgan fingerprint density at radius 1 is 1.45 bits per heavy atom. The number of nitrogens with two attached hydrogens (primary N) is 1. The molecular formula is C15H29N3O3S. The first kappa shape index (κ1) is 19.3. The molecule has 0 bridgehead atoms. The van der Waals surface area contributed by atoms with Crippen LogP contribution in [0.5, 0.6) is 0 Å². The molecule has 1 saturated carbocycles. The number of aliphatic hydroxyl groups excluding tert-OH is 1. The minimum absolute atomic E-state index is 0. The van der Waals surface area contributed by atoms with Gasteiger partial charge in [0.2, 0.25) is 11.8 Å². The summed E-state index contributed by atoms with van der Waals surface area (Å²) in [6, 6.07) is -0.371. The van der Waals surface area contributed by atoms with Gasteiger partial charge in [-0.2, -0.15) is 13.5 Å². The number of primary amides is 1. The Balaban J connectivity index is 0.00000242. The Kier molecular flexibility index (Phi) is 6.70. The van der Waals surface area contributed by atoms with E-state index in [1.807, 2.05) is 0 Å². The van der Waals surface area contributed by atoms with Gasteiger partial charge in [-0.15, -0.1) is 0 Å². The maximum absolute atomic E-state index is 12.4. The van der Waals surface area contributed by atoms with Crippen LogP contribution in [0.15, 0.2) is 0 Å². The fraction of sp³-hybridized carbons (Fsp3) is 0.867. The van der Waals surface area contributed by atoms with E-state index in [2.05, 4.69) is 19.2 Å². The van der Waals surface area contributed by atoms with Gasteiger partial charge in [-0.3, -0.25) is 9.59 Å². The summed E-state index contributed by atoms with van der Waals surface area (Å²) in [4.78, 5) is 25.1. The van der Waals surface area contributed by atoms with Crippen LogP contribution >= 0.6 is 13.5 Å². The molecule has 1 spiro atoms. The summed E-state index contributed by atoms with van der Waals surface area (Å²) >= 11 is 0. The van der Waals surface area contributed by atoms with Crippen molar-refractivity contribution in [3.8, 4) is 0 Å². The number of amides is 2. The summed E-state index contributed by atoms with van der Waals surface area (Å²) in [7, 11) is 0. The van der Waals surface area contributed by atoms with Crippen LogP contribution < -0.4 is 11.1 Å². The van der Waals surface area contributed by atoms with E-state index in [9.17, 15) is 14.7 Å². The van der Waals surface area contributed by atoms with Gasteiger partial charge >= 0.3 is 0 Å². The molecule has 6 nitrogen and oxygen atoms in total. The molecular weight excluding hydrogens is 302 g/mol. The summed E-state index contributed by atoms with van der Waals surface area (Å²) in [5.41, 5.74) is 4.92. The average Bonchev–Trinajstić information content (AvgIpc) is 2.45. The molecule has 1 atom stereocenters. The highest BCUT2D eigenvalue weighted by Gasteiger charge is 2.55. The lowest BCUT2D eigenvalue weighted by molar-refractivity contribution is -0.172. The van der Waals surface area contributed by atoms with Gasteiger partial charge in [-0.25, -0.2) is 0 Å². The van der Waals surface area contributed by atoms with E-state index >= 15 is 0 Å². The molecule has 2 aliphatic rings. The number of aliphatic hydroxyl groups is 1. The van der Waals surface area contributed by atoms with Crippen molar-refractivity contribution in [3.05, 3.63) is 0 Å². The van der Waals surface area contributed by atoms with Crippen LogP contribution in [0.4, 0.5) is 0 Å². The average molecular weight is 331 g/mol. The largest absolute Gasteiger partial charge is 0.394 e. The van der Waals surface area contributed by atoms with Crippen molar-refractivity contribution in [3.63, 3.8) is 0 Å². The Bertz CT molecular complexity index is 409. The van der Waals surface area contributed by atoms with Gasteiger partial charge < -0.3 is 21.1 Å². The summed E-state index contributed by atoms with van der Waals surface area (Å²) in [6.07, 6.45) is 3.70. The molecule has 1 heterocycles. The second-order valence-electron chi connectivity index (χ2n) is 6.89. The minimum atomic E-state index is -0.861. The second-order valence-corrected chi connectivity index (χ2v) is 6.89. The molecule has 0 aromatic carbocycles. The predicted molar refractivity (Wildman–Crippen MR) is 89.7 cm³/mol. The van der Waals surface area contributed by atoms with E-state index in [-0.39, 0.29) is 24.8 Å². The molecule has 0 aromatic heterocycles. The third-order valence-corrected chi connectivity index (χ3v) is 4.82. The van der Waals surface area contributed by atoms with Crippen molar-refractivity contribution < 1.29 is 14.7 Å². The van der Waals surface area contributed by atoms with Crippen LogP contribution in [0.1, 0.15) is 39.5 Å². The van der Waals surface area contributed by atoms with Crippen LogP contribution in [-0.4, -0.2) is 53.6 Å². The molecule has 2 amide bonds. The molecule has 0 radical (unpaired) electrons. The zero-order valence-electron chi connectivity index (χ0n) is 13.5. The van der Waals surface area contributed by atoms with Gasteiger partial charge in [0.15, 0.2) is 0 Å². The molecule has 1 aliphatic carbocycles. The van der Waals surface area contributed by atoms with Crippen LogP contribution in [0.25, 0.3) is 0 Å². The van der Waals surface area contributed by atoms with Gasteiger partial charge in [0.25, 0.3) is 0 Å². The van der Waals surface area contributed by atoms with Gasteiger partial charge in [0.1, 0.15) is 6.04 Å². The van der Waals surface area contributed by atoms with Crippen molar-refractivity contribution in [2.75, 3.05) is 19.7 Å². The highest BCUT2D eigenvalue weighted by molar-refractivity contribution is 7.59. The summed E-state index contributed by atoms with van der Waals surface area (Å²) in [5.74, 6) is -0.0155. The maximum atomic E-state index is 12.4. The topological polar surface area (TPSA) is 95.7 Å². The Morgan fingerprint density at radius 2 is 2.05 bits per heavy atom. The highest BCUT2D eigenvalue weighted by Crippen LogP contribution is 2.45. The predicted octanol–water partition coefficient (Wildman–Crippen LogP) is -0.0378. The molecule has 4 N–H and O–H groups in total. The fourth-order valence-corrected chi connectivity index (χ4v) is 3.42. The number of β-lactam (4-membered cyclic amide) rings is 1. The molecule has 2 fully saturated rings. The first-order valence-electron chi connectivity index (χ1n) is 7.84.